The molecule has 0 heterocycles. The third kappa shape index (κ3) is 4.22. The van der Waals surface area contributed by atoms with Gasteiger partial charge >= 0.3 is 0 Å². The van der Waals surface area contributed by atoms with Crippen LogP contribution in [0.25, 0.3) is 6.08 Å². The van der Waals surface area contributed by atoms with Crippen molar-refractivity contribution in [3.63, 3.8) is 0 Å². The Bertz CT molecular complexity index is 823. The molecule has 26 heavy (non-hydrogen) atoms. The molecule has 136 valence electrons. The van der Waals surface area contributed by atoms with Crippen molar-refractivity contribution < 1.29 is 9.59 Å². The summed E-state index contributed by atoms with van der Waals surface area (Å²) >= 11 is 3.40. The summed E-state index contributed by atoms with van der Waals surface area (Å²) in [5.41, 5.74) is 1.36. The van der Waals surface area contributed by atoms with E-state index < -0.39 is 5.54 Å². The lowest BCUT2D eigenvalue weighted by molar-refractivity contribution is -0.0308. The number of halogens is 1. The lowest BCUT2D eigenvalue weighted by Crippen LogP contribution is -2.56. The molecule has 2 aromatic rings. The number of hydrogen-bond acceptors (Lipinski definition) is 2. The molecule has 0 radical (unpaired) electrons. The number of hydrazine groups is 1. The van der Waals surface area contributed by atoms with Crippen LogP contribution in [0, 0.1) is 0 Å². The normalized spacial score (nSPS) is 11.0. The van der Waals surface area contributed by atoms with Crippen LogP contribution in [0.1, 0.15) is 47.1 Å². The van der Waals surface area contributed by atoms with Crippen molar-refractivity contribution in [3.8, 4) is 0 Å². The molecule has 0 saturated carbocycles. The number of carbonyl (C=O) groups excluding carboxylic acids is 2. The fraction of sp³-hybridized carbons (Fsp3) is 0.238. The summed E-state index contributed by atoms with van der Waals surface area (Å²) < 4.78 is 0.688. The molecule has 0 bridgehead atoms. The van der Waals surface area contributed by atoms with Crippen LogP contribution in [-0.2, 0) is 0 Å². The molecule has 5 heteroatoms. The van der Waals surface area contributed by atoms with Crippen LogP contribution in [0.15, 0.2) is 59.6 Å². The van der Waals surface area contributed by atoms with E-state index in [-0.39, 0.29) is 11.8 Å². The van der Waals surface area contributed by atoms with Crippen LogP contribution < -0.4 is 0 Å². The number of hydrogen-bond donors (Lipinski definition) is 0. The zero-order chi connectivity index (χ0) is 19.5. The third-order valence-corrected chi connectivity index (χ3v) is 4.61. The first-order valence-electron chi connectivity index (χ1n) is 8.26. The number of carbonyl (C=O) groups is 2. The minimum atomic E-state index is -0.583. The average molecular weight is 415 g/mol. The van der Waals surface area contributed by atoms with Crippen LogP contribution in [-0.4, -0.2) is 34.4 Å². The molecule has 0 unspecified atom stereocenters. The minimum Gasteiger partial charge on any atom is -0.267 e. The predicted molar refractivity (Wildman–Crippen MR) is 109 cm³/mol. The fourth-order valence-corrected chi connectivity index (χ4v) is 3.13. The van der Waals surface area contributed by atoms with Crippen molar-refractivity contribution in [1.29, 1.82) is 0 Å². The highest BCUT2D eigenvalue weighted by Crippen LogP contribution is 2.24. The number of amides is 2. The Morgan fingerprint density at radius 1 is 1.00 bits per heavy atom. The molecule has 0 spiro atoms. The van der Waals surface area contributed by atoms with E-state index in [9.17, 15) is 9.59 Å². The highest BCUT2D eigenvalue weighted by molar-refractivity contribution is 9.10. The van der Waals surface area contributed by atoms with E-state index in [1.807, 2.05) is 39.0 Å². The van der Waals surface area contributed by atoms with Gasteiger partial charge in [0, 0.05) is 17.1 Å². The van der Waals surface area contributed by atoms with Crippen molar-refractivity contribution in [2.45, 2.75) is 26.3 Å². The van der Waals surface area contributed by atoms with Crippen LogP contribution in [0.5, 0.6) is 0 Å². The Balaban J connectivity index is 2.40. The Morgan fingerprint density at radius 3 is 2.08 bits per heavy atom. The van der Waals surface area contributed by atoms with E-state index in [4.69, 9.17) is 0 Å². The first-order valence-corrected chi connectivity index (χ1v) is 9.05. The Labute approximate surface area is 163 Å². The summed E-state index contributed by atoms with van der Waals surface area (Å²) in [7, 11) is 1.61. The molecule has 0 fully saturated rings. The maximum Gasteiger partial charge on any atom is 0.273 e. The van der Waals surface area contributed by atoms with Gasteiger partial charge in [-0.3, -0.25) is 9.59 Å². The number of rotatable bonds is 3. The first-order chi connectivity index (χ1) is 12.2. The van der Waals surface area contributed by atoms with Gasteiger partial charge in [0.15, 0.2) is 0 Å². The molecule has 0 N–H and O–H groups in total. The van der Waals surface area contributed by atoms with Gasteiger partial charge in [0.25, 0.3) is 11.8 Å². The van der Waals surface area contributed by atoms with Crippen molar-refractivity contribution in [2.75, 3.05) is 7.05 Å². The third-order valence-electron chi connectivity index (χ3n) is 3.92. The predicted octanol–water partition coefficient (Wildman–Crippen LogP) is 5.02. The van der Waals surface area contributed by atoms with Gasteiger partial charge in [-0.2, -0.15) is 0 Å². The summed E-state index contributed by atoms with van der Waals surface area (Å²) in [6.07, 6.45) is 1.72. The van der Waals surface area contributed by atoms with E-state index >= 15 is 0 Å². The molecule has 0 aliphatic rings. The van der Waals surface area contributed by atoms with Gasteiger partial charge in [-0.05, 0) is 66.5 Å². The maximum absolute atomic E-state index is 13.1. The second-order valence-electron chi connectivity index (χ2n) is 6.92. The van der Waals surface area contributed by atoms with E-state index in [0.29, 0.717) is 15.6 Å². The molecule has 0 atom stereocenters. The van der Waals surface area contributed by atoms with Crippen LogP contribution in [0.2, 0.25) is 0 Å². The Kier molecular flexibility index (Phi) is 6.03. The monoisotopic (exact) mass is 414 g/mol. The standard InChI is InChI=1S/C21H23BrN2O2/c1-6-15-11-13-16(14-12-15)19(25)24(21(2,3)4)23(5)20(26)17-9-7-8-10-18(17)22/h6-14H,1H2,2-5H3. The molecule has 2 rings (SSSR count). The van der Waals surface area contributed by atoms with E-state index in [1.165, 1.54) is 10.0 Å². The summed E-state index contributed by atoms with van der Waals surface area (Å²) in [5.74, 6) is -0.500. The molecule has 0 aromatic heterocycles. The maximum atomic E-state index is 13.1. The van der Waals surface area contributed by atoms with Crippen molar-refractivity contribution in [2.24, 2.45) is 0 Å². The van der Waals surface area contributed by atoms with Crippen molar-refractivity contribution in [1.82, 2.24) is 10.0 Å². The molecule has 2 amide bonds. The van der Waals surface area contributed by atoms with Crippen LogP contribution in [0.4, 0.5) is 0 Å². The number of benzene rings is 2. The van der Waals surface area contributed by atoms with Gasteiger partial charge in [-0.25, -0.2) is 10.0 Å². The van der Waals surface area contributed by atoms with Gasteiger partial charge in [0.2, 0.25) is 0 Å². The lowest BCUT2D eigenvalue weighted by atomic mass is 10.0. The van der Waals surface area contributed by atoms with Crippen LogP contribution in [0.3, 0.4) is 0 Å². The molecule has 0 aliphatic carbocycles. The fourth-order valence-electron chi connectivity index (χ4n) is 2.67. The average Bonchev–Trinajstić information content (AvgIpc) is 2.60. The topological polar surface area (TPSA) is 40.6 Å². The molecular formula is C21H23BrN2O2. The van der Waals surface area contributed by atoms with E-state index in [1.54, 1.807) is 43.5 Å². The number of nitrogens with zero attached hydrogens (tertiary/aromatic N) is 2. The van der Waals surface area contributed by atoms with Crippen molar-refractivity contribution in [3.05, 3.63) is 76.3 Å². The second kappa shape index (κ2) is 7.87. The van der Waals surface area contributed by atoms with E-state index in [2.05, 4.69) is 22.5 Å². The SMILES string of the molecule is C=Cc1ccc(C(=O)N(N(C)C(=O)c2ccccc2Br)C(C)(C)C)cc1. The molecular weight excluding hydrogens is 392 g/mol. The Hall–Kier alpha value is -2.40. The van der Waals surface area contributed by atoms with Gasteiger partial charge in [0.05, 0.1) is 11.1 Å². The van der Waals surface area contributed by atoms with Gasteiger partial charge in [-0.1, -0.05) is 36.9 Å². The molecule has 0 saturated heterocycles. The minimum absolute atomic E-state index is 0.240. The Morgan fingerprint density at radius 2 is 1.58 bits per heavy atom. The molecule has 0 aliphatic heterocycles. The highest BCUT2D eigenvalue weighted by atomic mass is 79.9. The van der Waals surface area contributed by atoms with Gasteiger partial charge < -0.3 is 0 Å². The smallest absolute Gasteiger partial charge is 0.267 e. The summed E-state index contributed by atoms with van der Waals surface area (Å²) in [6, 6.07) is 14.3. The lowest BCUT2D eigenvalue weighted by Gasteiger charge is -2.41. The van der Waals surface area contributed by atoms with Crippen LogP contribution >= 0.6 is 15.9 Å². The molecule has 4 nitrogen and oxygen atoms in total. The van der Waals surface area contributed by atoms with Gasteiger partial charge in [0.1, 0.15) is 0 Å². The highest BCUT2D eigenvalue weighted by Gasteiger charge is 2.34. The quantitative estimate of drug-likeness (QED) is 0.661. The summed E-state index contributed by atoms with van der Waals surface area (Å²) in [6.45, 7) is 9.41. The first kappa shape index (κ1) is 19.9. The summed E-state index contributed by atoms with van der Waals surface area (Å²) in [4.78, 5) is 26.1. The summed E-state index contributed by atoms with van der Waals surface area (Å²) in [5, 5.41) is 2.86. The van der Waals surface area contributed by atoms with Gasteiger partial charge in [-0.15, -0.1) is 0 Å². The zero-order valence-electron chi connectivity index (χ0n) is 15.5. The van der Waals surface area contributed by atoms with E-state index in [0.717, 1.165) is 5.56 Å². The molecule has 2 aromatic carbocycles. The van der Waals surface area contributed by atoms with Crippen molar-refractivity contribution >= 4 is 33.8 Å². The second-order valence-corrected chi connectivity index (χ2v) is 7.78. The zero-order valence-corrected chi connectivity index (χ0v) is 17.1. The largest absolute Gasteiger partial charge is 0.273 e.